The number of carbonyl (C=O) groups is 1. The van der Waals surface area contributed by atoms with Crippen molar-refractivity contribution in [1.29, 1.82) is 0 Å². The lowest BCUT2D eigenvalue weighted by molar-refractivity contribution is 0.112. The van der Waals surface area contributed by atoms with Gasteiger partial charge < -0.3 is 9.47 Å². The Morgan fingerprint density at radius 1 is 1.46 bits per heavy atom. The molecular weight excluding hydrogens is 194 g/mol. The van der Waals surface area contributed by atoms with Crippen LogP contribution in [0, 0.1) is 0 Å². The Morgan fingerprint density at radius 3 is 2.62 bits per heavy atom. The average molecular weight is 202 g/mol. The van der Waals surface area contributed by atoms with Crippen LogP contribution in [0.2, 0.25) is 5.02 Å². The maximum absolute atomic E-state index is 10.6. The molecule has 0 N–H and O–H groups in total. The van der Waals surface area contributed by atoms with Crippen molar-refractivity contribution in [3.63, 3.8) is 0 Å². The molecule has 0 aliphatic carbocycles. The van der Waals surface area contributed by atoms with E-state index >= 15 is 0 Å². The van der Waals surface area contributed by atoms with Gasteiger partial charge in [-0.1, -0.05) is 11.6 Å². The van der Waals surface area contributed by atoms with Crippen molar-refractivity contribution < 1.29 is 14.3 Å². The van der Waals surface area contributed by atoms with Crippen molar-refractivity contribution in [3.05, 3.63) is 16.8 Å². The number of rotatable bonds is 3. The molecule has 1 aromatic rings. The molecule has 0 bridgehead atoms. The molecule has 13 heavy (non-hydrogen) atoms. The molecule has 1 aromatic heterocycles. The minimum Gasteiger partial charge on any atom is -0.491 e. The van der Waals surface area contributed by atoms with Crippen LogP contribution in [0.4, 0.5) is 0 Å². The molecule has 1 heterocycles. The van der Waals surface area contributed by atoms with E-state index in [1.807, 2.05) is 0 Å². The Bertz CT molecular complexity index is 327. The van der Waals surface area contributed by atoms with E-state index in [-0.39, 0.29) is 22.2 Å². The molecule has 0 radical (unpaired) electrons. The number of aldehydes is 1. The molecule has 70 valence electrons. The van der Waals surface area contributed by atoms with Crippen LogP contribution in [0.5, 0.6) is 11.6 Å². The number of carbonyl (C=O) groups excluding carboxylic acids is 1. The van der Waals surface area contributed by atoms with Crippen LogP contribution in [-0.2, 0) is 0 Å². The third kappa shape index (κ3) is 1.72. The van der Waals surface area contributed by atoms with Crippen molar-refractivity contribution in [2.24, 2.45) is 0 Å². The van der Waals surface area contributed by atoms with Crippen molar-refractivity contribution in [2.45, 2.75) is 0 Å². The SMILES string of the molecule is COc1ncc(Cl)c(C=O)c1OC. The monoisotopic (exact) mass is 201 g/mol. The van der Waals surface area contributed by atoms with Gasteiger partial charge in [-0.15, -0.1) is 0 Å². The number of hydrogen-bond acceptors (Lipinski definition) is 4. The second-order valence-corrected chi connectivity index (χ2v) is 2.59. The maximum atomic E-state index is 10.6. The van der Waals surface area contributed by atoms with Gasteiger partial charge in [0.25, 0.3) is 5.88 Å². The fraction of sp³-hybridized carbons (Fsp3) is 0.250. The molecule has 0 amide bonds. The lowest BCUT2D eigenvalue weighted by Crippen LogP contribution is -1.98. The van der Waals surface area contributed by atoms with Gasteiger partial charge >= 0.3 is 0 Å². The van der Waals surface area contributed by atoms with E-state index in [1.165, 1.54) is 20.4 Å². The van der Waals surface area contributed by atoms with Crippen molar-refractivity contribution in [2.75, 3.05) is 14.2 Å². The summed E-state index contributed by atoms with van der Waals surface area (Å²) >= 11 is 5.71. The second-order valence-electron chi connectivity index (χ2n) is 2.18. The van der Waals surface area contributed by atoms with Gasteiger partial charge in [0.2, 0.25) is 0 Å². The first-order valence-corrected chi connectivity index (χ1v) is 3.84. The van der Waals surface area contributed by atoms with E-state index in [9.17, 15) is 4.79 Å². The number of aromatic nitrogens is 1. The molecule has 4 nitrogen and oxygen atoms in total. The fourth-order valence-electron chi connectivity index (χ4n) is 0.920. The highest BCUT2D eigenvalue weighted by atomic mass is 35.5. The first kappa shape index (κ1) is 9.80. The summed E-state index contributed by atoms with van der Waals surface area (Å²) in [6, 6.07) is 0. The van der Waals surface area contributed by atoms with Gasteiger partial charge in [0.1, 0.15) is 0 Å². The zero-order valence-electron chi connectivity index (χ0n) is 7.20. The first-order valence-electron chi connectivity index (χ1n) is 3.46. The number of halogens is 1. The molecule has 0 saturated heterocycles. The van der Waals surface area contributed by atoms with Gasteiger partial charge in [-0.3, -0.25) is 4.79 Å². The first-order chi connectivity index (χ1) is 6.24. The molecule has 0 unspecified atom stereocenters. The molecule has 0 aliphatic heterocycles. The Morgan fingerprint density at radius 2 is 2.15 bits per heavy atom. The molecule has 0 atom stereocenters. The van der Waals surface area contributed by atoms with E-state index in [0.717, 1.165) is 0 Å². The fourth-order valence-corrected chi connectivity index (χ4v) is 1.10. The lowest BCUT2D eigenvalue weighted by atomic mass is 10.2. The summed E-state index contributed by atoms with van der Waals surface area (Å²) < 4.78 is 9.82. The summed E-state index contributed by atoms with van der Waals surface area (Å²) in [5, 5.41) is 0.243. The van der Waals surface area contributed by atoms with Crippen LogP contribution in [-0.4, -0.2) is 25.5 Å². The minimum absolute atomic E-state index is 0.243. The van der Waals surface area contributed by atoms with Gasteiger partial charge in [-0.2, -0.15) is 0 Å². The van der Waals surface area contributed by atoms with Gasteiger partial charge in [0.15, 0.2) is 12.0 Å². The summed E-state index contributed by atoms with van der Waals surface area (Å²) in [4.78, 5) is 14.5. The summed E-state index contributed by atoms with van der Waals surface area (Å²) in [7, 11) is 2.86. The minimum atomic E-state index is 0.243. The van der Waals surface area contributed by atoms with Crippen molar-refractivity contribution in [1.82, 2.24) is 4.98 Å². The zero-order chi connectivity index (χ0) is 9.84. The predicted molar refractivity (Wildman–Crippen MR) is 47.7 cm³/mol. The second kappa shape index (κ2) is 4.09. The van der Waals surface area contributed by atoms with Gasteiger partial charge in [-0.05, 0) is 0 Å². The number of pyridine rings is 1. The summed E-state index contributed by atoms with van der Waals surface area (Å²) in [6.45, 7) is 0. The summed E-state index contributed by atoms with van der Waals surface area (Å²) in [5.74, 6) is 0.499. The smallest absolute Gasteiger partial charge is 0.257 e. The van der Waals surface area contributed by atoms with E-state index in [2.05, 4.69) is 4.98 Å². The molecule has 0 aromatic carbocycles. The average Bonchev–Trinajstić information content (AvgIpc) is 2.17. The van der Waals surface area contributed by atoms with E-state index in [4.69, 9.17) is 21.1 Å². The molecule has 0 spiro atoms. The van der Waals surface area contributed by atoms with Crippen LogP contribution in [0.25, 0.3) is 0 Å². The summed E-state index contributed by atoms with van der Waals surface area (Å²) in [6.07, 6.45) is 1.94. The molecule has 0 fully saturated rings. The number of nitrogens with zero attached hydrogens (tertiary/aromatic N) is 1. The van der Waals surface area contributed by atoms with Gasteiger partial charge in [-0.25, -0.2) is 4.98 Å². The highest BCUT2D eigenvalue weighted by Crippen LogP contribution is 2.31. The van der Waals surface area contributed by atoms with E-state index in [0.29, 0.717) is 6.29 Å². The van der Waals surface area contributed by atoms with Crippen LogP contribution in [0.1, 0.15) is 10.4 Å². The van der Waals surface area contributed by atoms with Crippen LogP contribution in [0.15, 0.2) is 6.20 Å². The highest BCUT2D eigenvalue weighted by molar-refractivity contribution is 6.33. The third-order valence-corrected chi connectivity index (χ3v) is 1.81. The summed E-state index contributed by atoms with van der Waals surface area (Å²) in [5.41, 5.74) is 0.246. The maximum Gasteiger partial charge on any atom is 0.257 e. The topological polar surface area (TPSA) is 48.4 Å². The Hall–Kier alpha value is -1.29. The van der Waals surface area contributed by atoms with Crippen molar-refractivity contribution in [3.8, 4) is 11.6 Å². The Balaban J connectivity index is 3.36. The van der Waals surface area contributed by atoms with Crippen LogP contribution >= 0.6 is 11.6 Å². The van der Waals surface area contributed by atoms with Gasteiger partial charge in [0.05, 0.1) is 31.0 Å². The quantitative estimate of drug-likeness (QED) is 0.697. The largest absolute Gasteiger partial charge is 0.491 e. The van der Waals surface area contributed by atoms with E-state index < -0.39 is 0 Å². The Kier molecular flexibility index (Phi) is 3.08. The van der Waals surface area contributed by atoms with E-state index in [1.54, 1.807) is 0 Å². The molecule has 0 aliphatic rings. The number of ether oxygens (including phenoxy) is 2. The zero-order valence-corrected chi connectivity index (χ0v) is 7.96. The molecule has 5 heteroatoms. The van der Waals surface area contributed by atoms with Crippen molar-refractivity contribution >= 4 is 17.9 Å². The van der Waals surface area contributed by atoms with Crippen LogP contribution in [0.3, 0.4) is 0 Å². The Labute approximate surface area is 80.4 Å². The normalized spacial score (nSPS) is 9.46. The molecule has 1 rings (SSSR count). The number of methoxy groups -OCH3 is 2. The standard InChI is InChI=1S/C8H8ClNO3/c1-12-7-5(4-11)6(9)3-10-8(7)13-2/h3-4H,1-2H3. The predicted octanol–water partition coefficient (Wildman–Crippen LogP) is 1.56. The molecular formula is C8H8ClNO3. The molecule has 0 saturated carbocycles. The number of hydrogen-bond donors (Lipinski definition) is 0. The lowest BCUT2D eigenvalue weighted by Gasteiger charge is -2.08. The highest BCUT2D eigenvalue weighted by Gasteiger charge is 2.14. The van der Waals surface area contributed by atoms with Crippen LogP contribution < -0.4 is 9.47 Å². The van der Waals surface area contributed by atoms with Gasteiger partial charge in [0, 0.05) is 0 Å². The third-order valence-electron chi connectivity index (χ3n) is 1.51.